The van der Waals surface area contributed by atoms with Gasteiger partial charge in [0.15, 0.2) is 0 Å². The van der Waals surface area contributed by atoms with Gasteiger partial charge in [0, 0.05) is 19.0 Å². The van der Waals surface area contributed by atoms with Crippen LogP contribution < -0.4 is 0 Å². The Labute approximate surface area is 106 Å². The van der Waals surface area contributed by atoms with Crippen molar-refractivity contribution in [3.05, 3.63) is 34.3 Å². The Morgan fingerprint density at radius 2 is 2.12 bits per heavy atom. The topological polar surface area (TPSA) is 20.3 Å². The quantitative estimate of drug-likeness (QED) is 0.760. The van der Waals surface area contributed by atoms with Crippen LogP contribution in [0.25, 0.3) is 0 Å². The highest BCUT2D eigenvalue weighted by molar-refractivity contribution is 6.33. The van der Waals surface area contributed by atoms with E-state index in [1.54, 1.807) is 17.0 Å². The smallest absolute Gasteiger partial charge is 0.255 e. The van der Waals surface area contributed by atoms with Gasteiger partial charge in [-0.3, -0.25) is 4.79 Å². The molecule has 0 radical (unpaired) electrons. The van der Waals surface area contributed by atoms with Gasteiger partial charge in [0.25, 0.3) is 5.91 Å². The number of rotatable bonds is 4. The summed E-state index contributed by atoms with van der Waals surface area (Å²) in [5, 5.41) is 0.498. The van der Waals surface area contributed by atoms with E-state index in [2.05, 4.69) is 0 Å². The highest BCUT2D eigenvalue weighted by atomic mass is 35.5. The number of aryl methyl sites for hydroxylation is 1. The standard InChI is InChI=1S/C12H15Cl2NO/c1-3-15(7-6-13)12(16)10-5-4-9(2)8-11(10)14/h4-5,8H,3,6-7H2,1-2H3. The fourth-order valence-corrected chi connectivity index (χ4v) is 1.99. The fourth-order valence-electron chi connectivity index (χ4n) is 1.47. The zero-order chi connectivity index (χ0) is 12.1. The van der Waals surface area contributed by atoms with E-state index in [0.717, 1.165) is 5.56 Å². The maximum Gasteiger partial charge on any atom is 0.255 e. The van der Waals surface area contributed by atoms with Gasteiger partial charge < -0.3 is 4.90 Å². The summed E-state index contributed by atoms with van der Waals surface area (Å²) in [7, 11) is 0. The number of alkyl halides is 1. The molecule has 0 fully saturated rings. The Kier molecular flexibility index (Phi) is 5.10. The molecule has 0 aromatic heterocycles. The molecule has 0 N–H and O–H groups in total. The molecule has 0 unspecified atom stereocenters. The lowest BCUT2D eigenvalue weighted by molar-refractivity contribution is 0.0774. The summed E-state index contributed by atoms with van der Waals surface area (Å²) in [6.45, 7) is 5.04. The zero-order valence-electron chi connectivity index (χ0n) is 9.46. The van der Waals surface area contributed by atoms with Crippen molar-refractivity contribution < 1.29 is 4.79 Å². The van der Waals surface area contributed by atoms with Crippen LogP contribution in [0.2, 0.25) is 5.02 Å². The molecule has 0 aliphatic carbocycles. The summed E-state index contributed by atoms with van der Waals surface area (Å²) in [5.41, 5.74) is 1.58. The first-order valence-electron chi connectivity index (χ1n) is 5.21. The minimum atomic E-state index is -0.0619. The molecular formula is C12H15Cl2NO. The van der Waals surface area contributed by atoms with Crippen molar-refractivity contribution in [2.24, 2.45) is 0 Å². The molecule has 0 aliphatic rings. The van der Waals surface area contributed by atoms with E-state index < -0.39 is 0 Å². The Bertz CT molecular complexity index is 379. The van der Waals surface area contributed by atoms with Gasteiger partial charge in [-0.2, -0.15) is 0 Å². The normalized spacial score (nSPS) is 10.2. The second-order valence-corrected chi connectivity index (χ2v) is 4.34. The van der Waals surface area contributed by atoms with Gasteiger partial charge in [-0.25, -0.2) is 0 Å². The molecule has 0 spiro atoms. The molecule has 1 rings (SSSR count). The van der Waals surface area contributed by atoms with E-state index in [-0.39, 0.29) is 5.91 Å². The molecule has 0 heterocycles. The highest BCUT2D eigenvalue weighted by Crippen LogP contribution is 2.19. The summed E-state index contributed by atoms with van der Waals surface area (Å²) >= 11 is 11.7. The van der Waals surface area contributed by atoms with Gasteiger partial charge in [-0.15, -0.1) is 11.6 Å². The van der Waals surface area contributed by atoms with Crippen molar-refractivity contribution in [3.8, 4) is 0 Å². The number of carbonyl (C=O) groups is 1. The molecule has 0 atom stereocenters. The van der Waals surface area contributed by atoms with Crippen LogP contribution in [0.5, 0.6) is 0 Å². The van der Waals surface area contributed by atoms with Crippen LogP contribution in [0, 0.1) is 6.92 Å². The van der Waals surface area contributed by atoms with Crippen LogP contribution in [0.4, 0.5) is 0 Å². The predicted octanol–water partition coefficient (Wildman–Crippen LogP) is 3.35. The average Bonchev–Trinajstić information content (AvgIpc) is 2.25. The average molecular weight is 260 g/mol. The lowest BCUT2D eigenvalue weighted by Crippen LogP contribution is -2.32. The third kappa shape index (κ3) is 3.13. The Morgan fingerprint density at radius 3 is 2.62 bits per heavy atom. The van der Waals surface area contributed by atoms with Crippen LogP contribution >= 0.6 is 23.2 Å². The Morgan fingerprint density at radius 1 is 1.44 bits per heavy atom. The van der Waals surface area contributed by atoms with E-state index >= 15 is 0 Å². The second-order valence-electron chi connectivity index (χ2n) is 3.56. The summed E-state index contributed by atoms with van der Waals surface area (Å²) < 4.78 is 0. The summed E-state index contributed by atoms with van der Waals surface area (Å²) in [4.78, 5) is 13.8. The highest BCUT2D eigenvalue weighted by Gasteiger charge is 2.16. The first-order chi connectivity index (χ1) is 7.60. The third-order valence-corrected chi connectivity index (χ3v) is 2.86. The van der Waals surface area contributed by atoms with E-state index in [1.165, 1.54) is 0 Å². The number of hydrogen-bond acceptors (Lipinski definition) is 1. The SMILES string of the molecule is CCN(CCCl)C(=O)c1ccc(C)cc1Cl. The van der Waals surface area contributed by atoms with E-state index in [9.17, 15) is 4.79 Å². The summed E-state index contributed by atoms with van der Waals surface area (Å²) in [5.74, 6) is 0.372. The van der Waals surface area contributed by atoms with Crippen molar-refractivity contribution in [1.29, 1.82) is 0 Å². The second kappa shape index (κ2) is 6.12. The van der Waals surface area contributed by atoms with E-state index in [1.807, 2.05) is 19.9 Å². The van der Waals surface area contributed by atoms with Gasteiger partial charge in [0.05, 0.1) is 10.6 Å². The number of benzene rings is 1. The minimum absolute atomic E-state index is 0.0619. The molecule has 88 valence electrons. The molecule has 16 heavy (non-hydrogen) atoms. The zero-order valence-corrected chi connectivity index (χ0v) is 11.0. The molecule has 0 saturated carbocycles. The van der Waals surface area contributed by atoms with Crippen molar-refractivity contribution >= 4 is 29.1 Å². The molecule has 1 aromatic carbocycles. The minimum Gasteiger partial charge on any atom is -0.338 e. The maximum absolute atomic E-state index is 12.1. The number of amides is 1. The number of hydrogen-bond donors (Lipinski definition) is 0. The van der Waals surface area contributed by atoms with Gasteiger partial charge >= 0.3 is 0 Å². The lowest BCUT2D eigenvalue weighted by atomic mass is 10.1. The largest absolute Gasteiger partial charge is 0.338 e. The van der Waals surface area contributed by atoms with Crippen LogP contribution in [-0.4, -0.2) is 29.8 Å². The first kappa shape index (κ1) is 13.3. The number of halogens is 2. The summed E-state index contributed by atoms with van der Waals surface area (Å²) in [6, 6.07) is 5.44. The molecular weight excluding hydrogens is 245 g/mol. The molecule has 1 amide bonds. The molecule has 4 heteroatoms. The number of carbonyl (C=O) groups excluding carboxylic acids is 1. The Hall–Kier alpha value is -0.730. The summed E-state index contributed by atoms with van der Waals surface area (Å²) in [6.07, 6.45) is 0. The molecule has 0 aliphatic heterocycles. The Balaban J connectivity index is 2.94. The van der Waals surface area contributed by atoms with E-state index in [4.69, 9.17) is 23.2 Å². The van der Waals surface area contributed by atoms with Crippen LogP contribution in [0.3, 0.4) is 0 Å². The van der Waals surface area contributed by atoms with Crippen LogP contribution in [0.1, 0.15) is 22.8 Å². The monoisotopic (exact) mass is 259 g/mol. The molecule has 0 bridgehead atoms. The maximum atomic E-state index is 12.1. The van der Waals surface area contributed by atoms with Crippen LogP contribution in [-0.2, 0) is 0 Å². The van der Waals surface area contributed by atoms with E-state index in [0.29, 0.717) is 29.6 Å². The van der Waals surface area contributed by atoms with Gasteiger partial charge in [-0.05, 0) is 31.5 Å². The van der Waals surface area contributed by atoms with Crippen molar-refractivity contribution in [3.63, 3.8) is 0 Å². The van der Waals surface area contributed by atoms with Crippen molar-refractivity contribution in [2.75, 3.05) is 19.0 Å². The first-order valence-corrected chi connectivity index (χ1v) is 6.12. The molecule has 1 aromatic rings. The van der Waals surface area contributed by atoms with Gasteiger partial charge in [0.1, 0.15) is 0 Å². The predicted molar refractivity (Wildman–Crippen MR) is 68.5 cm³/mol. The fraction of sp³-hybridized carbons (Fsp3) is 0.417. The van der Waals surface area contributed by atoms with Crippen LogP contribution in [0.15, 0.2) is 18.2 Å². The van der Waals surface area contributed by atoms with Gasteiger partial charge in [0.2, 0.25) is 0 Å². The molecule has 0 saturated heterocycles. The van der Waals surface area contributed by atoms with Crippen molar-refractivity contribution in [2.45, 2.75) is 13.8 Å². The third-order valence-electron chi connectivity index (χ3n) is 2.38. The van der Waals surface area contributed by atoms with Gasteiger partial charge in [-0.1, -0.05) is 17.7 Å². The number of nitrogens with zero attached hydrogens (tertiary/aromatic N) is 1. The van der Waals surface area contributed by atoms with Crippen molar-refractivity contribution in [1.82, 2.24) is 4.90 Å². The molecule has 2 nitrogen and oxygen atoms in total. The lowest BCUT2D eigenvalue weighted by Gasteiger charge is -2.20.